The predicted molar refractivity (Wildman–Crippen MR) is 120 cm³/mol. The third-order valence-electron chi connectivity index (χ3n) is 5.95. The number of rotatable bonds is 4. The van der Waals surface area contributed by atoms with Crippen LogP contribution in [-0.4, -0.2) is 18.5 Å². The van der Waals surface area contributed by atoms with Gasteiger partial charge < -0.3 is 10.2 Å². The highest BCUT2D eigenvalue weighted by molar-refractivity contribution is 6.09. The van der Waals surface area contributed by atoms with Gasteiger partial charge in [0.05, 0.1) is 0 Å². The molecule has 1 heterocycles. The highest BCUT2D eigenvalue weighted by atomic mass is 16.1. The standard InChI is InChI=1S/C25H29N3O/c1-6-18-7-10-21(11-8-18)27-24(29)20(16-26)13-19-9-12-23-22(14-19)17(2)15-25(3,4)28(23)5/h7-14,17H,6,15H2,1-5H3,(H,27,29)/b20-13+. The minimum atomic E-state index is -0.388. The molecule has 0 radical (unpaired) electrons. The third-order valence-corrected chi connectivity index (χ3v) is 5.95. The van der Waals surface area contributed by atoms with Gasteiger partial charge in [-0.15, -0.1) is 0 Å². The number of carbonyl (C=O) groups excluding carboxylic acids is 1. The number of benzene rings is 2. The second-order valence-corrected chi connectivity index (χ2v) is 8.47. The molecule has 1 N–H and O–H groups in total. The van der Waals surface area contributed by atoms with E-state index in [1.54, 1.807) is 6.08 Å². The van der Waals surface area contributed by atoms with Crippen molar-refractivity contribution in [2.24, 2.45) is 0 Å². The van der Waals surface area contributed by atoms with E-state index in [4.69, 9.17) is 0 Å². The van der Waals surface area contributed by atoms with Crippen molar-refractivity contribution in [2.45, 2.75) is 52.0 Å². The fourth-order valence-corrected chi connectivity index (χ4v) is 4.02. The van der Waals surface area contributed by atoms with Crippen molar-refractivity contribution in [3.63, 3.8) is 0 Å². The molecule has 0 saturated heterocycles. The van der Waals surface area contributed by atoms with Gasteiger partial charge in [0.1, 0.15) is 11.6 Å². The second-order valence-electron chi connectivity index (χ2n) is 8.47. The van der Waals surface area contributed by atoms with Crippen LogP contribution in [0.4, 0.5) is 11.4 Å². The summed E-state index contributed by atoms with van der Waals surface area (Å²) in [6.07, 6.45) is 3.67. The first-order chi connectivity index (χ1) is 13.7. The summed E-state index contributed by atoms with van der Waals surface area (Å²) < 4.78 is 0. The Morgan fingerprint density at radius 2 is 1.97 bits per heavy atom. The monoisotopic (exact) mass is 387 g/mol. The van der Waals surface area contributed by atoms with E-state index in [0.29, 0.717) is 11.6 Å². The summed E-state index contributed by atoms with van der Waals surface area (Å²) in [6.45, 7) is 8.83. The molecule has 1 amide bonds. The van der Waals surface area contributed by atoms with Crippen molar-refractivity contribution in [1.29, 1.82) is 5.26 Å². The zero-order chi connectivity index (χ0) is 21.2. The van der Waals surface area contributed by atoms with Gasteiger partial charge in [-0.3, -0.25) is 4.79 Å². The van der Waals surface area contributed by atoms with E-state index in [1.807, 2.05) is 36.4 Å². The lowest BCUT2D eigenvalue weighted by Gasteiger charge is -2.45. The number of carbonyl (C=O) groups is 1. The van der Waals surface area contributed by atoms with Crippen LogP contribution in [0.2, 0.25) is 0 Å². The van der Waals surface area contributed by atoms with Gasteiger partial charge in [0.2, 0.25) is 0 Å². The predicted octanol–water partition coefficient (Wildman–Crippen LogP) is 5.52. The minimum Gasteiger partial charge on any atom is -0.369 e. The van der Waals surface area contributed by atoms with Crippen LogP contribution >= 0.6 is 0 Å². The molecule has 0 spiro atoms. The number of hydrogen-bond donors (Lipinski definition) is 1. The molecule has 3 rings (SSSR count). The Morgan fingerprint density at radius 3 is 2.59 bits per heavy atom. The quantitative estimate of drug-likeness (QED) is 0.555. The number of nitrogens with one attached hydrogen (secondary N) is 1. The Morgan fingerprint density at radius 1 is 1.28 bits per heavy atom. The molecule has 0 bridgehead atoms. The lowest BCUT2D eigenvalue weighted by atomic mass is 9.80. The average molecular weight is 388 g/mol. The molecule has 1 aliphatic rings. The van der Waals surface area contributed by atoms with Gasteiger partial charge in [-0.2, -0.15) is 5.26 Å². The van der Waals surface area contributed by atoms with Crippen molar-refractivity contribution < 1.29 is 4.79 Å². The molecule has 0 saturated carbocycles. The first-order valence-corrected chi connectivity index (χ1v) is 10.1. The molecule has 0 aromatic heterocycles. The maximum Gasteiger partial charge on any atom is 0.266 e. The summed E-state index contributed by atoms with van der Waals surface area (Å²) in [5.74, 6) is 0.0294. The van der Waals surface area contributed by atoms with Crippen LogP contribution < -0.4 is 10.2 Å². The van der Waals surface area contributed by atoms with Gasteiger partial charge in [0.25, 0.3) is 5.91 Å². The van der Waals surface area contributed by atoms with Crippen molar-refractivity contribution in [3.8, 4) is 6.07 Å². The Labute approximate surface area is 173 Å². The van der Waals surface area contributed by atoms with Crippen LogP contribution in [0.1, 0.15) is 56.7 Å². The number of amides is 1. The summed E-state index contributed by atoms with van der Waals surface area (Å²) >= 11 is 0. The summed E-state index contributed by atoms with van der Waals surface area (Å²) in [7, 11) is 2.12. The first kappa shape index (κ1) is 20.7. The highest BCUT2D eigenvalue weighted by Crippen LogP contribution is 2.42. The van der Waals surface area contributed by atoms with Crippen LogP contribution in [0.15, 0.2) is 48.0 Å². The van der Waals surface area contributed by atoms with Crippen LogP contribution in [0, 0.1) is 11.3 Å². The number of aryl methyl sites for hydroxylation is 1. The molecule has 4 heteroatoms. The normalized spacial score (nSPS) is 18.0. The summed E-state index contributed by atoms with van der Waals surface area (Å²) in [4.78, 5) is 14.9. The first-order valence-electron chi connectivity index (χ1n) is 10.1. The zero-order valence-corrected chi connectivity index (χ0v) is 17.9. The van der Waals surface area contributed by atoms with E-state index in [9.17, 15) is 10.1 Å². The van der Waals surface area contributed by atoms with Gasteiger partial charge in [0.15, 0.2) is 0 Å². The number of anilines is 2. The SMILES string of the molecule is CCc1ccc(NC(=O)/C(C#N)=C/c2ccc3c(c2)C(C)CC(C)(C)N3C)cc1. The molecular weight excluding hydrogens is 358 g/mol. The van der Waals surface area contributed by atoms with Gasteiger partial charge in [0, 0.05) is 24.0 Å². The van der Waals surface area contributed by atoms with Crippen molar-refractivity contribution in [3.05, 3.63) is 64.7 Å². The molecule has 1 unspecified atom stereocenters. The second kappa shape index (κ2) is 8.13. The van der Waals surface area contributed by atoms with Gasteiger partial charge in [-0.05, 0) is 79.6 Å². The van der Waals surface area contributed by atoms with Crippen LogP contribution in [0.5, 0.6) is 0 Å². The van der Waals surface area contributed by atoms with E-state index in [1.165, 1.54) is 16.8 Å². The molecule has 0 aliphatic carbocycles. The number of fused-ring (bicyclic) bond motifs is 1. The van der Waals surface area contributed by atoms with Crippen molar-refractivity contribution in [1.82, 2.24) is 0 Å². The lowest BCUT2D eigenvalue weighted by Crippen LogP contribution is -2.45. The maximum absolute atomic E-state index is 12.6. The van der Waals surface area contributed by atoms with Crippen LogP contribution in [-0.2, 0) is 11.2 Å². The fraction of sp³-hybridized carbons (Fsp3) is 0.360. The Balaban J connectivity index is 1.85. The summed E-state index contributed by atoms with van der Waals surface area (Å²) in [5, 5.41) is 12.3. The summed E-state index contributed by atoms with van der Waals surface area (Å²) in [6, 6.07) is 15.9. The number of nitrogens with zero attached hydrogens (tertiary/aromatic N) is 2. The van der Waals surface area contributed by atoms with E-state index in [0.717, 1.165) is 18.4 Å². The maximum atomic E-state index is 12.6. The van der Waals surface area contributed by atoms with Crippen LogP contribution in [0.3, 0.4) is 0 Å². The van der Waals surface area contributed by atoms with Crippen molar-refractivity contribution in [2.75, 3.05) is 17.3 Å². The molecule has 1 atom stereocenters. The van der Waals surface area contributed by atoms with Crippen LogP contribution in [0.25, 0.3) is 6.08 Å². The average Bonchev–Trinajstić information content (AvgIpc) is 2.70. The smallest absolute Gasteiger partial charge is 0.266 e. The Kier molecular flexibility index (Phi) is 5.79. The lowest BCUT2D eigenvalue weighted by molar-refractivity contribution is -0.112. The van der Waals surface area contributed by atoms with Gasteiger partial charge in [-0.1, -0.05) is 32.0 Å². The molecule has 4 nitrogen and oxygen atoms in total. The summed E-state index contributed by atoms with van der Waals surface area (Å²) in [5.41, 5.74) is 5.44. The van der Waals surface area contributed by atoms with E-state index >= 15 is 0 Å². The Hall–Kier alpha value is -3.06. The molecule has 29 heavy (non-hydrogen) atoms. The van der Waals surface area contributed by atoms with Crippen molar-refractivity contribution >= 4 is 23.4 Å². The minimum absolute atomic E-state index is 0.0988. The van der Waals surface area contributed by atoms with E-state index in [-0.39, 0.29) is 17.0 Å². The van der Waals surface area contributed by atoms with E-state index in [2.05, 4.69) is 57.1 Å². The fourth-order valence-electron chi connectivity index (χ4n) is 4.02. The molecular formula is C25H29N3O. The third kappa shape index (κ3) is 4.35. The Bertz CT molecular complexity index is 980. The highest BCUT2D eigenvalue weighted by Gasteiger charge is 2.33. The van der Waals surface area contributed by atoms with Gasteiger partial charge >= 0.3 is 0 Å². The number of nitriles is 1. The molecule has 2 aromatic carbocycles. The molecule has 150 valence electrons. The molecule has 0 fully saturated rings. The largest absolute Gasteiger partial charge is 0.369 e. The molecule has 1 aliphatic heterocycles. The number of hydrogen-bond acceptors (Lipinski definition) is 3. The topological polar surface area (TPSA) is 56.1 Å². The zero-order valence-electron chi connectivity index (χ0n) is 17.9. The van der Waals surface area contributed by atoms with Gasteiger partial charge in [-0.25, -0.2) is 0 Å². The van der Waals surface area contributed by atoms with E-state index < -0.39 is 0 Å². The molecule has 2 aromatic rings.